The van der Waals surface area contributed by atoms with Crippen molar-refractivity contribution in [3.05, 3.63) is 59.7 Å². The van der Waals surface area contributed by atoms with E-state index in [1.165, 1.54) is 13.0 Å². The van der Waals surface area contributed by atoms with Gasteiger partial charge in [-0.2, -0.15) is 0 Å². The quantitative estimate of drug-likeness (QED) is 0.438. The van der Waals surface area contributed by atoms with Gasteiger partial charge in [0.1, 0.15) is 6.61 Å². The molecule has 5 nitrogen and oxygen atoms in total. The van der Waals surface area contributed by atoms with Gasteiger partial charge in [0.25, 0.3) is 0 Å². The maximum Gasteiger partial charge on any atom is 0.221 e. The highest BCUT2D eigenvalue weighted by Crippen LogP contribution is 2.29. The Kier molecular flexibility index (Phi) is 7.21. The van der Waals surface area contributed by atoms with E-state index in [-0.39, 0.29) is 18.3 Å². The van der Waals surface area contributed by atoms with E-state index in [1.807, 2.05) is 13.0 Å². The van der Waals surface area contributed by atoms with Crippen molar-refractivity contribution in [1.29, 1.82) is 0 Å². The maximum atomic E-state index is 12.4. The second-order valence-corrected chi connectivity index (χ2v) is 5.59. The van der Waals surface area contributed by atoms with Crippen molar-refractivity contribution in [2.45, 2.75) is 13.8 Å². The number of terminal acetylenes is 1. The van der Waals surface area contributed by atoms with Gasteiger partial charge in [0.15, 0.2) is 17.3 Å². The molecule has 0 spiro atoms. The monoisotopic (exact) mass is 363 g/mol. The van der Waals surface area contributed by atoms with Crippen LogP contribution in [0, 0.1) is 12.3 Å². The average molecular weight is 363 g/mol. The lowest BCUT2D eigenvalue weighted by atomic mass is 10.1. The maximum absolute atomic E-state index is 12.4. The molecule has 0 aliphatic heterocycles. The first-order valence-electron chi connectivity index (χ1n) is 8.46. The minimum atomic E-state index is -0.189. The van der Waals surface area contributed by atoms with Gasteiger partial charge >= 0.3 is 0 Å². The molecule has 0 atom stereocenters. The minimum Gasteiger partial charge on any atom is -0.490 e. The number of hydrogen-bond donors (Lipinski definition) is 1. The molecule has 5 heteroatoms. The fourth-order valence-corrected chi connectivity index (χ4v) is 2.36. The van der Waals surface area contributed by atoms with Gasteiger partial charge < -0.3 is 14.8 Å². The average Bonchev–Trinajstić information content (AvgIpc) is 2.65. The van der Waals surface area contributed by atoms with Gasteiger partial charge in [-0.05, 0) is 42.8 Å². The molecular weight excluding hydrogens is 342 g/mol. The molecule has 0 unspecified atom stereocenters. The Morgan fingerprint density at radius 2 is 1.96 bits per heavy atom. The fourth-order valence-electron chi connectivity index (χ4n) is 2.36. The number of anilines is 1. The van der Waals surface area contributed by atoms with Gasteiger partial charge in [-0.15, -0.1) is 6.42 Å². The number of ether oxygens (including phenoxy) is 2. The lowest BCUT2D eigenvalue weighted by Crippen LogP contribution is -2.06. The first kappa shape index (κ1) is 19.8. The highest BCUT2D eigenvalue weighted by molar-refractivity contribution is 6.07. The van der Waals surface area contributed by atoms with Crippen molar-refractivity contribution in [3.63, 3.8) is 0 Å². The second-order valence-electron chi connectivity index (χ2n) is 5.59. The Balaban J connectivity index is 2.17. The number of nitrogens with one attached hydrogen (secondary N) is 1. The molecule has 138 valence electrons. The summed E-state index contributed by atoms with van der Waals surface area (Å²) >= 11 is 0. The number of ketones is 1. The third-order valence-electron chi connectivity index (χ3n) is 3.47. The van der Waals surface area contributed by atoms with Gasteiger partial charge in [-0.25, -0.2) is 0 Å². The molecule has 0 saturated heterocycles. The standard InChI is InChI=1S/C22H21NO4/c1-4-13-27-21-12-10-17(14-22(21)26-5-2)9-11-20(25)18-7-6-8-19(15-18)23-16(3)24/h1,6-12,14-15H,5,13H2,2-3H3,(H,23,24)/b11-9+. The molecule has 27 heavy (non-hydrogen) atoms. The molecule has 0 aromatic heterocycles. The van der Waals surface area contributed by atoms with Crippen LogP contribution < -0.4 is 14.8 Å². The zero-order valence-electron chi connectivity index (χ0n) is 15.3. The molecule has 1 amide bonds. The largest absolute Gasteiger partial charge is 0.490 e. The fraction of sp³-hybridized carbons (Fsp3) is 0.182. The van der Waals surface area contributed by atoms with Crippen molar-refractivity contribution >= 4 is 23.5 Å². The molecule has 2 rings (SSSR count). The second kappa shape index (κ2) is 9.83. The van der Waals surface area contributed by atoms with Crippen molar-refractivity contribution in [2.24, 2.45) is 0 Å². The van der Waals surface area contributed by atoms with E-state index in [0.29, 0.717) is 29.4 Å². The van der Waals surface area contributed by atoms with Crippen molar-refractivity contribution < 1.29 is 19.1 Å². The predicted octanol–water partition coefficient (Wildman–Crippen LogP) is 3.95. The zero-order valence-corrected chi connectivity index (χ0v) is 15.3. The summed E-state index contributed by atoms with van der Waals surface area (Å²) in [5.74, 6) is 3.17. The van der Waals surface area contributed by atoms with Crippen LogP contribution in [-0.2, 0) is 4.79 Å². The Bertz CT molecular complexity index is 893. The molecule has 2 aromatic rings. The topological polar surface area (TPSA) is 64.6 Å². The van der Waals surface area contributed by atoms with E-state index in [1.54, 1.807) is 42.5 Å². The van der Waals surface area contributed by atoms with Crippen LogP contribution in [0.4, 0.5) is 5.69 Å². The highest BCUT2D eigenvalue weighted by Gasteiger charge is 2.07. The summed E-state index contributed by atoms with van der Waals surface area (Å²) in [5.41, 5.74) is 1.85. The lowest BCUT2D eigenvalue weighted by molar-refractivity contribution is -0.114. The SMILES string of the molecule is C#CCOc1ccc(/C=C/C(=O)c2cccc(NC(C)=O)c2)cc1OCC. The number of rotatable bonds is 8. The zero-order chi connectivity index (χ0) is 19.6. The number of carbonyl (C=O) groups is 2. The molecule has 0 saturated carbocycles. The van der Waals surface area contributed by atoms with Gasteiger partial charge in [0.05, 0.1) is 6.61 Å². The summed E-state index contributed by atoms with van der Waals surface area (Å²) in [6.45, 7) is 3.92. The van der Waals surface area contributed by atoms with Crippen LogP contribution in [0.25, 0.3) is 6.08 Å². The van der Waals surface area contributed by atoms with Crippen molar-refractivity contribution in [3.8, 4) is 23.8 Å². The highest BCUT2D eigenvalue weighted by atomic mass is 16.5. The molecule has 1 N–H and O–H groups in total. The van der Waals surface area contributed by atoms with E-state index in [0.717, 1.165) is 5.56 Å². The van der Waals surface area contributed by atoms with Crippen LogP contribution in [-0.4, -0.2) is 24.9 Å². The molecule has 0 heterocycles. The van der Waals surface area contributed by atoms with Crippen molar-refractivity contribution in [1.82, 2.24) is 0 Å². The summed E-state index contributed by atoms with van der Waals surface area (Å²) in [6, 6.07) is 12.1. The molecular formula is C22H21NO4. The molecule has 0 bridgehead atoms. The molecule has 0 radical (unpaired) electrons. The van der Waals surface area contributed by atoms with Gasteiger partial charge in [0, 0.05) is 18.2 Å². The summed E-state index contributed by atoms with van der Waals surface area (Å²) < 4.78 is 11.0. The number of benzene rings is 2. The number of carbonyl (C=O) groups excluding carboxylic acids is 2. The first-order chi connectivity index (χ1) is 13.0. The van der Waals surface area contributed by atoms with Crippen LogP contribution in [0.1, 0.15) is 29.8 Å². The molecule has 0 aliphatic carbocycles. The summed E-state index contributed by atoms with van der Waals surface area (Å²) in [5, 5.41) is 2.66. The van der Waals surface area contributed by atoms with E-state index < -0.39 is 0 Å². The van der Waals surface area contributed by atoms with E-state index in [2.05, 4.69) is 11.2 Å². The third kappa shape index (κ3) is 6.05. The summed E-state index contributed by atoms with van der Waals surface area (Å²) in [7, 11) is 0. The Labute approximate surface area is 159 Å². The van der Waals surface area contributed by atoms with Crippen molar-refractivity contribution in [2.75, 3.05) is 18.5 Å². The number of amides is 1. The summed E-state index contributed by atoms with van der Waals surface area (Å²) in [6.07, 6.45) is 8.38. The van der Waals surface area contributed by atoms with E-state index in [4.69, 9.17) is 15.9 Å². The van der Waals surface area contributed by atoms with Crippen LogP contribution in [0.5, 0.6) is 11.5 Å². The van der Waals surface area contributed by atoms with Crippen LogP contribution >= 0.6 is 0 Å². The minimum absolute atomic E-state index is 0.151. The molecule has 0 fully saturated rings. The van der Waals surface area contributed by atoms with Gasteiger partial charge in [0.2, 0.25) is 5.91 Å². The molecule has 2 aromatic carbocycles. The normalized spacial score (nSPS) is 10.3. The number of allylic oxidation sites excluding steroid dienone is 1. The van der Waals surface area contributed by atoms with E-state index >= 15 is 0 Å². The van der Waals surface area contributed by atoms with Gasteiger partial charge in [-0.3, -0.25) is 9.59 Å². The first-order valence-corrected chi connectivity index (χ1v) is 8.46. The van der Waals surface area contributed by atoms with Crippen LogP contribution in [0.2, 0.25) is 0 Å². The Hall–Kier alpha value is -3.52. The smallest absolute Gasteiger partial charge is 0.221 e. The lowest BCUT2D eigenvalue weighted by Gasteiger charge is -2.10. The predicted molar refractivity (Wildman–Crippen MR) is 106 cm³/mol. The molecule has 0 aliphatic rings. The van der Waals surface area contributed by atoms with Crippen LogP contribution in [0.3, 0.4) is 0 Å². The van der Waals surface area contributed by atoms with Crippen LogP contribution in [0.15, 0.2) is 48.5 Å². The van der Waals surface area contributed by atoms with E-state index in [9.17, 15) is 9.59 Å². The Morgan fingerprint density at radius 1 is 1.15 bits per heavy atom. The van der Waals surface area contributed by atoms with Gasteiger partial charge in [-0.1, -0.05) is 30.2 Å². The third-order valence-corrected chi connectivity index (χ3v) is 3.47. The summed E-state index contributed by atoms with van der Waals surface area (Å²) in [4.78, 5) is 23.5. The number of hydrogen-bond acceptors (Lipinski definition) is 4. The Morgan fingerprint density at radius 3 is 2.67 bits per heavy atom.